The molecule has 0 saturated heterocycles. The van der Waals surface area contributed by atoms with Gasteiger partial charge in [-0.2, -0.15) is 10.5 Å². The zero-order valence-corrected chi connectivity index (χ0v) is 11.3. The standard InChI is InChI=1S/C16H11FN2O2/c1-20-16-6-11(2-3-13(16)9-19)10-21-14-5-4-12(8-18)15(17)7-14/h2-7H,10H2,1H3. The van der Waals surface area contributed by atoms with Gasteiger partial charge in [-0.15, -0.1) is 0 Å². The van der Waals surface area contributed by atoms with Crippen LogP contribution in [0.1, 0.15) is 16.7 Å². The first kappa shape index (κ1) is 14.4. The van der Waals surface area contributed by atoms with Gasteiger partial charge in [0.1, 0.15) is 36.1 Å². The van der Waals surface area contributed by atoms with Crippen molar-refractivity contribution in [3.05, 3.63) is 58.9 Å². The van der Waals surface area contributed by atoms with E-state index in [9.17, 15) is 4.39 Å². The summed E-state index contributed by atoms with van der Waals surface area (Å²) in [5.41, 5.74) is 1.20. The monoisotopic (exact) mass is 282 g/mol. The molecule has 0 aliphatic heterocycles. The summed E-state index contributed by atoms with van der Waals surface area (Å²) in [6, 6.07) is 12.9. The van der Waals surface area contributed by atoms with E-state index in [0.717, 1.165) is 5.56 Å². The van der Waals surface area contributed by atoms with Gasteiger partial charge in [0, 0.05) is 6.07 Å². The van der Waals surface area contributed by atoms with Gasteiger partial charge in [-0.3, -0.25) is 0 Å². The highest BCUT2D eigenvalue weighted by atomic mass is 19.1. The lowest BCUT2D eigenvalue weighted by Gasteiger charge is -2.09. The van der Waals surface area contributed by atoms with Crippen molar-refractivity contribution in [1.82, 2.24) is 0 Å². The molecule has 2 aromatic carbocycles. The minimum absolute atomic E-state index is 0.0256. The number of halogens is 1. The van der Waals surface area contributed by atoms with E-state index >= 15 is 0 Å². The summed E-state index contributed by atoms with van der Waals surface area (Å²) in [6.07, 6.45) is 0. The van der Waals surface area contributed by atoms with Crippen LogP contribution in [-0.4, -0.2) is 7.11 Å². The van der Waals surface area contributed by atoms with Crippen molar-refractivity contribution < 1.29 is 13.9 Å². The summed E-state index contributed by atoms with van der Waals surface area (Å²) < 4.78 is 24.0. The van der Waals surface area contributed by atoms with Crippen molar-refractivity contribution >= 4 is 0 Å². The van der Waals surface area contributed by atoms with Crippen molar-refractivity contribution in [3.8, 4) is 23.6 Å². The number of methoxy groups -OCH3 is 1. The van der Waals surface area contributed by atoms with Crippen LogP contribution in [0.15, 0.2) is 36.4 Å². The van der Waals surface area contributed by atoms with Crippen LogP contribution in [0.3, 0.4) is 0 Å². The van der Waals surface area contributed by atoms with Crippen LogP contribution < -0.4 is 9.47 Å². The van der Waals surface area contributed by atoms with Crippen LogP contribution in [0.25, 0.3) is 0 Å². The molecule has 5 heteroatoms. The van der Waals surface area contributed by atoms with E-state index in [4.69, 9.17) is 20.0 Å². The summed E-state index contributed by atoms with van der Waals surface area (Å²) in [6.45, 7) is 0.202. The molecule has 0 radical (unpaired) electrons. The SMILES string of the molecule is COc1cc(COc2ccc(C#N)c(F)c2)ccc1C#N. The predicted molar refractivity (Wildman–Crippen MR) is 73.2 cm³/mol. The van der Waals surface area contributed by atoms with Gasteiger partial charge in [0.05, 0.1) is 18.2 Å². The molecule has 0 bridgehead atoms. The fraction of sp³-hybridized carbons (Fsp3) is 0.125. The number of nitrogens with zero attached hydrogens (tertiary/aromatic N) is 2. The highest BCUT2D eigenvalue weighted by Crippen LogP contribution is 2.21. The molecular formula is C16H11FN2O2. The summed E-state index contributed by atoms with van der Waals surface area (Å²) >= 11 is 0. The normalized spacial score (nSPS) is 9.52. The zero-order valence-electron chi connectivity index (χ0n) is 11.3. The van der Waals surface area contributed by atoms with Crippen molar-refractivity contribution in [2.45, 2.75) is 6.61 Å². The molecule has 0 aliphatic rings. The summed E-state index contributed by atoms with van der Waals surface area (Å²) in [5.74, 6) is 0.173. The largest absolute Gasteiger partial charge is 0.495 e. The van der Waals surface area contributed by atoms with Crippen molar-refractivity contribution in [3.63, 3.8) is 0 Å². The molecule has 0 aliphatic carbocycles. The van der Waals surface area contributed by atoms with Gasteiger partial charge in [-0.25, -0.2) is 4.39 Å². The van der Waals surface area contributed by atoms with E-state index in [1.807, 2.05) is 6.07 Å². The van der Waals surface area contributed by atoms with Crippen molar-refractivity contribution in [2.24, 2.45) is 0 Å². The highest BCUT2D eigenvalue weighted by Gasteiger charge is 2.06. The van der Waals surface area contributed by atoms with E-state index < -0.39 is 5.82 Å². The van der Waals surface area contributed by atoms with Crippen LogP contribution in [-0.2, 0) is 6.61 Å². The zero-order chi connectivity index (χ0) is 15.2. The maximum absolute atomic E-state index is 13.4. The Morgan fingerprint density at radius 2 is 1.76 bits per heavy atom. The Morgan fingerprint density at radius 3 is 2.38 bits per heavy atom. The van der Waals surface area contributed by atoms with Crippen LogP contribution in [0.5, 0.6) is 11.5 Å². The van der Waals surface area contributed by atoms with Gasteiger partial charge in [-0.1, -0.05) is 6.07 Å². The minimum atomic E-state index is -0.618. The fourth-order valence-electron chi connectivity index (χ4n) is 1.76. The molecule has 2 aromatic rings. The Morgan fingerprint density at radius 1 is 1.05 bits per heavy atom. The molecule has 0 atom stereocenters. The van der Waals surface area contributed by atoms with Gasteiger partial charge in [0.15, 0.2) is 0 Å². The van der Waals surface area contributed by atoms with Crippen LogP contribution >= 0.6 is 0 Å². The Labute approximate surface area is 121 Å². The molecule has 0 saturated carbocycles. The second-order valence-electron chi connectivity index (χ2n) is 4.19. The van der Waals surface area contributed by atoms with Crippen LogP contribution in [0.2, 0.25) is 0 Å². The number of ether oxygens (including phenoxy) is 2. The van der Waals surface area contributed by atoms with E-state index in [2.05, 4.69) is 0 Å². The number of benzene rings is 2. The van der Waals surface area contributed by atoms with E-state index in [0.29, 0.717) is 17.1 Å². The van der Waals surface area contributed by atoms with Gasteiger partial charge in [0.25, 0.3) is 0 Å². The number of hydrogen-bond donors (Lipinski definition) is 0. The highest BCUT2D eigenvalue weighted by molar-refractivity contribution is 5.45. The predicted octanol–water partition coefficient (Wildman–Crippen LogP) is 3.16. The van der Waals surface area contributed by atoms with Crippen LogP contribution in [0.4, 0.5) is 4.39 Å². The topological polar surface area (TPSA) is 66.0 Å². The van der Waals surface area contributed by atoms with Gasteiger partial charge in [0.2, 0.25) is 0 Å². The quantitative estimate of drug-likeness (QED) is 0.864. The summed E-state index contributed by atoms with van der Waals surface area (Å²) in [5, 5.41) is 17.6. The first-order valence-electron chi connectivity index (χ1n) is 6.07. The Kier molecular flexibility index (Phi) is 4.38. The van der Waals surface area contributed by atoms with E-state index in [1.165, 1.54) is 25.3 Å². The van der Waals surface area contributed by atoms with Gasteiger partial charge < -0.3 is 9.47 Å². The molecule has 0 unspecified atom stereocenters. The molecule has 0 spiro atoms. The third-order valence-corrected chi connectivity index (χ3v) is 2.85. The maximum Gasteiger partial charge on any atom is 0.144 e. The molecule has 2 rings (SSSR count). The molecule has 21 heavy (non-hydrogen) atoms. The average Bonchev–Trinajstić information content (AvgIpc) is 2.52. The number of nitriles is 2. The number of hydrogen-bond acceptors (Lipinski definition) is 4. The molecule has 104 valence electrons. The molecule has 0 aromatic heterocycles. The lowest BCUT2D eigenvalue weighted by Crippen LogP contribution is -1.98. The fourth-order valence-corrected chi connectivity index (χ4v) is 1.76. The van der Waals surface area contributed by atoms with E-state index in [1.54, 1.807) is 24.3 Å². The summed E-state index contributed by atoms with van der Waals surface area (Å²) in [4.78, 5) is 0. The molecule has 0 N–H and O–H groups in total. The Balaban J connectivity index is 2.12. The van der Waals surface area contributed by atoms with Gasteiger partial charge in [-0.05, 0) is 29.8 Å². The van der Waals surface area contributed by atoms with Crippen molar-refractivity contribution in [2.75, 3.05) is 7.11 Å². The average molecular weight is 282 g/mol. The Bertz CT molecular complexity index is 745. The molecule has 0 amide bonds. The number of rotatable bonds is 4. The third-order valence-electron chi connectivity index (χ3n) is 2.85. The molecule has 0 fully saturated rings. The van der Waals surface area contributed by atoms with Crippen molar-refractivity contribution in [1.29, 1.82) is 10.5 Å². The summed E-state index contributed by atoms with van der Waals surface area (Å²) in [7, 11) is 1.48. The third kappa shape index (κ3) is 3.29. The second kappa shape index (κ2) is 6.40. The lowest BCUT2D eigenvalue weighted by atomic mass is 10.1. The maximum atomic E-state index is 13.4. The molecular weight excluding hydrogens is 271 g/mol. The molecule has 0 heterocycles. The second-order valence-corrected chi connectivity index (χ2v) is 4.19. The minimum Gasteiger partial charge on any atom is -0.495 e. The van der Waals surface area contributed by atoms with Gasteiger partial charge >= 0.3 is 0 Å². The first-order valence-corrected chi connectivity index (χ1v) is 6.07. The smallest absolute Gasteiger partial charge is 0.144 e. The molecule has 4 nitrogen and oxygen atoms in total. The van der Waals surface area contributed by atoms with E-state index in [-0.39, 0.29) is 12.2 Å². The van der Waals surface area contributed by atoms with Crippen LogP contribution in [0, 0.1) is 28.5 Å². The lowest BCUT2D eigenvalue weighted by molar-refractivity contribution is 0.303. The first-order chi connectivity index (χ1) is 10.2. The Hall–Kier alpha value is -3.05.